The van der Waals surface area contributed by atoms with Crippen LogP contribution >= 0.6 is 24.0 Å². The van der Waals surface area contributed by atoms with Gasteiger partial charge in [0.15, 0.2) is 5.96 Å². The van der Waals surface area contributed by atoms with E-state index in [1.54, 1.807) is 14.2 Å². The number of methoxy groups -OCH3 is 2. The van der Waals surface area contributed by atoms with Gasteiger partial charge >= 0.3 is 0 Å². The molecule has 0 aliphatic heterocycles. The fraction of sp³-hybridized carbons (Fsp3) is 0.591. The van der Waals surface area contributed by atoms with Crippen LogP contribution in [-0.4, -0.2) is 56.0 Å². The number of aromatic amines is 1. The lowest BCUT2D eigenvalue weighted by molar-refractivity contribution is 0.136. The zero-order valence-electron chi connectivity index (χ0n) is 18.2. The van der Waals surface area contributed by atoms with Crippen LogP contribution in [0.5, 0.6) is 11.5 Å². The summed E-state index contributed by atoms with van der Waals surface area (Å²) in [5, 5.41) is 17.7. The molecule has 0 spiro atoms. The summed E-state index contributed by atoms with van der Waals surface area (Å²) >= 11 is 0. The summed E-state index contributed by atoms with van der Waals surface area (Å²) < 4.78 is 10.8. The van der Waals surface area contributed by atoms with Gasteiger partial charge in [0.2, 0.25) is 0 Å². The lowest BCUT2D eigenvalue weighted by Gasteiger charge is -2.14. The van der Waals surface area contributed by atoms with E-state index in [0.29, 0.717) is 12.5 Å². The maximum Gasteiger partial charge on any atom is 0.191 e. The fourth-order valence-electron chi connectivity index (χ4n) is 3.92. The first kappa shape index (κ1) is 24.6. The van der Waals surface area contributed by atoms with Crippen molar-refractivity contribution >= 4 is 40.8 Å². The largest absolute Gasteiger partial charge is 0.497 e. The van der Waals surface area contributed by atoms with E-state index >= 15 is 0 Å². The standard InChI is InChI=1S/C22H34N4O3.HI/c1-4-23-22(25-14-15-7-5-9-20(15)27)24-10-6-8-16-11-18-19(26-16)12-17(28-2)13-21(18)29-3;/h11-13,15,20,26-27H,4-10,14H2,1-3H3,(H2,23,24,25);1H. The highest BCUT2D eigenvalue weighted by molar-refractivity contribution is 14.0. The van der Waals surface area contributed by atoms with Crippen molar-refractivity contribution in [3.63, 3.8) is 0 Å². The SMILES string of the molecule is CCNC(=NCC1CCCC1O)NCCCc1cc2c(OC)cc(OC)cc2[nH]1.I. The van der Waals surface area contributed by atoms with Gasteiger partial charge in [-0.3, -0.25) is 4.99 Å². The molecule has 1 aromatic heterocycles. The van der Waals surface area contributed by atoms with Gasteiger partial charge < -0.3 is 30.2 Å². The van der Waals surface area contributed by atoms with E-state index in [0.717, 1.165) is 73.6 Å². The lowest BCUT2D eigenvalue weighted by Crippen LogP contribution is -2.38. The summed E-state index contributed by atoms with van der Waals surface area (Å²) in [5.74, 6) is 2.72. The van der Waals surface area contributed by atoms with E-state index in [9.17, 15) is 5.11 Å². The molecular weight excluding hydrogens is 495 g/mol. The Hall–Kier alpha value is -1.68. The Morgan fingerprint density at radius 3 is 2.70 bits per heavy atom. The summed E-state index contributed by atoms with van der Waals surface area (Å²) in [6.07, 6.45) is 4.78. The zero-order valence-corrected chi connectivity index (χ0v) is 20.5. The molecule has 2 atom stereocenters. The number of H-pyrrole nitrogens is 1. The molecular formula is C22H35IN4O3. The highest BCUT2D eigenvalue weighted by Crippen LogP contribution is 2.31. The van der Waals surface area contributed by atoms with Crippen LogP contribution in [0.4, 0.5) is 0 Å². The average Bonchev–Trinajstić information content (AvgIpc) is 3.33. The minimum atomic E-state index is -0.195. The number of aryl methyl sites for hydroxylation is 1. The number of halogens is 1. The number of aliphatic hydroxyl groups excluding tert-OH is 1. The van der Waals surface area contributed by atoms with Crippen LogP contribution in [0.2, 0.25) is 0 Å². The quantitative estimate of drug-likeness (QED) is 0.173. The summed E-state index contributed by atoms with van der Waals surface area (Å²) in [6, 6.07) is 6.04. The maximum atomic E-state index is 9.97. The molecule has 1 heterocycles. The molecule has 1 saturated carbocycles. The molecule has 0 amide bonds. The third-order valence-electron chi connectivity index (χ3n) is 5.55. The average molecular weight is 530 g/mol. The second-order valence-electron chi connectivity index (χ2n) is 7.59. The molecule has 1 fully saturated rings. The van der Waals surface area contributed by atoms with Crippen LogP contribution in [0, 0.1) is 5.92 Å². The highest BCUT2D eigenvalue weighted by Gasteiger charge is 2.24. The normalized spacial score (nSPS) is 18.9. The van der Waals surface area contributed by atoms with Crippen molar-refractivity contribution in [2.24, 2.45) is 10.9 Å². The van der Waals surface area contributed by atoms with Crippen molar-refractivity contribution in [3.05, 3.63) is 23.9 Å². The number of aliphatic hydroxyl groups is 1. The number of guanidine groups is 1. The van der Waals surface area contributed by atoms with E-state index in [4.69, 9.17) is 9.47 Å². The molecule has 3 rings (SSSR count). The van der Waals surface area contributed by atoms with E-state index in [-0.39, 0.29) is 30.1 Å². The molecule has 1 aliphatic carbocycles. The van der Waals surface area contributed by atoms with Gasteiger partial charge in [0.1, 0.15) is 11.5 Å². The van der Waals surface area contributed by atoms with Gasteiger partial charge in [-0.25, -0.2) is 0 Å². The molecule has 7 nitrogen and oxygen atoms in total. The minimum absolute atomic E-state index is 0. The number of ether oxygens (including phenoxy) is 2. The van der Waals surface area contributed by atoms with Crippen molar-refractivity contribution in [2.75, 3.05) is 33.9 Å². The number of benzene rings is 1. The third kappa shape index (κ3) is 6.41. The Bertz CT molecular complexity index is 824. The second kappa shape index (κ2) is 12.2. The van der Waals surface area contributed by atoms with Crippen molar-refractivity contribution in [2.45, 2.75) is 45.1 Å². The molecule has 168 valence electrons. The first-order valence-electron chi connectivity index (χ1n) is 10.6. The summed E-state index contributed by atoms with van der Waals surface area (Å²) in [7, 11) is 3.34. The molecule has 4 N–H and O–H groups in total. The Kier molecular flexibility index (Phi) is 10.0. The third-order valence-corrected chi connectivity index (χ3v) is 5.55. The van der Waals surface area contributed by atoms with E-state index in [1.165, 1.54) is 5.69 Å². The molecule has 0 bridgehead atoms. The molecule has 1 aliphatic rings. The summed E-state index contributed by atoms with van der Waals surface area (Å²) in [5.41, 5.74) is 2.19. The summed E-state index contributed by atoms with van der Waals surface area (Å²) in [6.45, 7) is 4.39. The van der Waals surface area contributed by atoms with Crippen LogP contribution in [0.3, 0.4) is 0 Å². The second-order valence-corrected chi connectivity index (χ2v) is 7.59. The highest BCUT2D eigenvalue weighted by atomic mass is 127. The van der Waals surface area contributed by atoms with Crippen LogP contribution in [-0.2, 0) is 6.42 Å². The van der Waals surface area contributed by atoms with Gasteiger partial charge in [-0.2, -0.15) is 0 Å². The van der Waals surface area contributed by atoms with E-state index in [1.807, 2.05) is 12.1 Å². The van der Waals surface area contributed by atoms with E-state index in [2.05, 4.69) is 33.6 Å². The molecule has 8 heteroatoms. The number of fused-ring (bicyclic) bond motifs is 1. The molecule has 1 aromatic carbocycles. The lowest BCUT2D eigenvalue weighted by atomic mass is 10.1. The number of hydrogen-bond donors (Lipinski definition) is 4. The van der Waals surface area contributed by atoms with Crippen molar-refractivity contribution in [3.8, 4) is 11.5 Å². The van der Waals surface area contributed by atoms with Crippen LogP contribution in [0.25, 0.3) is 10.9 Å². The maximum absolute atomic E-state index is 9.97. The Morgan fingerprint density at radius 2 is 2.03 bits per heavy atom. The zero-order chi connectivity index (χ0) is 20.6. The number of nitrogens with one attached hydrogen (secondary N) is 3. The van der Waals surface area contributed by atoms with Crippen LogP contribution < -0.4 is 20.1 Å². The van der Waals surface area contributed by atoms with Crippen molar-refractivity contribution in [1.29, 1.82) is 0 Å². The number of nitrogens with zero attached hydrogens (tertiary/aromatic N) is 1. The Labute approximate surface area is 196 Å². The molecule has 0 radical (unpaired) electrons. The number of hydrogen-bond acceptors (Lipinski definition) is 4. The van der Waals surface area contributed by atoms with Gasteiger partial charge in [0.05, 0.1) is 25.8 Å². The Morgan fingerprint density at radius 1 is 1.20 bits per heavy atom. The summed E-state index contributed by atoms with van der Waals surface area (Å²) in [4.78, 5) is 8.13. The van der Waals surface area contributed by atoms with Gasteiger partial charge in [-0.1, -0.05) is 6.42 Å². The predicted molar refractivity (Wildman–Crippen MR) is 132 cm³/mol. The predicted octanol–water partition coefficient (Wildman–Crippen LogP) is 3.45. The van der Waals surface area contributed by atoms with E-state index < -0.39 is 0 Å². The van der Waals surface area contributed by atoms with Crippen LogP contribution in [0.15, 0.2) is 23.2 Å². The monoisotopic (exact) mass is 530 g/mol. The van der Waals surface area contributed by atoms with Gasteiger partial charge in [0.25, 0.3) is 0 Å². The number of rotatable bonds is 9. The first-order valence-corrected chi connectivity index (χ1v) is 10.6. The molecule has 2 aromatic rings. The number of aliphatic imine (C=N–C) groups is 1. The smallest absolute Gasteiger partial charge is 0.191 e. The van der Waals surface area contributed by atoms with Gasteiger partial charge in [-0.15, -0.1) is 24.0 Å². The van der Waals surface area contributed by atoms with Crippen molar-refractivity contribution < 1.29 is 14.6 Å². The topological polar surface area (TPSA) is 90.9 Å². The fourth-order valence-corrected chi connectivity index (χ4v) is 3.92. The molecule has 0 saturated heterocycles. The molecule has 2 unspecified atom stereocenters. The Balaban J connectivity index is 0.00000320. The van der Waals surface area contributed by atoms with Gasteiger partial charge in [0, 0.05) is 48.8 Å². The van der Waals surface area contributed by atoms with Crippen LogP contribution in [0.1, 0.15) is 38.3 Å². The minimum Gasteiger partial charge on any atom is -0.497 e. The number of aromatic nitrogens is 1. The van der Waals surface area contributed by atoms with Gasteiger partial charge in [-0.05, 0) is 38.7 Å². The molecule has 30 heavy (non-hydrogen) atoms. The van der Waals surface area contributed by atoms with Crippen molar-refractivity contribution in [1.82, 2.24) is 15.6 Å². The first-order chi connectivity index (χ1) is 14.1.